The Hall–Kier alpha value is -1.15. The molecule has 0 unspecified atom stereocenters. The summed E-state index contributed by atoms with van der Waals surface area (Å²) in [5, 5.41) is 3.09. The third-order valence-electron chi connectivity index (χ3n) is 3.82. The lowest BCUT2D eigenvalue weighted by molar-refractivity contribution is 0.0888. The molecular formula is C17H27NO. The molecule has 0 aliphatic rings. The first-order chi connectivity index (χ1) is 8.50. The van der Waals surface area contributed by atoms with Gasteiger partial charge in [-0.1, -0.05) is 32.9 Å². The molecule has 2 heteroatoms. The van der Waals surface area contributed by atoms with Crippen molar-refractivity contribution in [3.8, 4) is 0 Å². The number of Topliss-reactive ketones (excluding diaryl/α,β-unsaturated/α-hetero) is 1. The maximum absolute atomic E-state index is 12.6. The number of carbonyl (C=O) groups excluding carboxylic acids is 1. The Kier molecular flexibility index (Phi) is 4.26. The van der Waals surface area contributed by atoms with Crippen molar-refractivity contribution in [2.24, 2.45) is 0 Å². The van der Waals surface area contributed by atoms with Crippen molar-refractivity contribution in [1.82, 2.24) is 5.32 Å². The first kappa shape index (κ1) is 15.9. The van der Waals surface area contributed by atoms with Gasteiger partial charge in [-0.3, -0.25) is 4.79 Å². The molecule has 1 rings (SSSR count). The van der Waals surface area contributed by atoms with Crippen molar-refractivity contribution in [1.29, 1.82) is 0 Å². The van der Waals surface area contributed by atoms with E-state index in [9.17, 15) is 4.79 Å². The van der Waals surface area contributed by atoms with E-state index in [2.05, 4.69) is 38.2 Å². The van der Waals surface area contributed by atoms with Gasteiger partial charge in [0.05, 0.1) is 5.54 Å². The van der Waals surface area contributed by atoms with Crippen LogP contribution in [0.1, 0.15) is 61.7 Å². The van der Waals surface area contributed by atoms with Crippen LogP contribution in [0, 0.1) is 13.8 Å². The highest BCUT2D eigenvalue weighted by molar-refractivity contribution is 6.05. The fourth-order valence-electron chi connectivity index (χ4n) is 2.18. The predicted octanol–water partition coefficient (Wildman–Crippen LogP) is 3.78. The van der Waals surface area contributed by atoms with Gasteiger partial charge in [-0.25, -0.2) is 0 Å². The highest BCUT2D eigenvalue weighted by Gasteiger charge is 2.29. The second kappa shape index (κ2) is 5.09. The molecule has 1 aromatic rings. The Morgan fingerprint density at radius 2 is 1.42 bits per heavy atom. The SMILES string of the molecule is CNC(C)(C)C(=O)c1c(C)cc(C(C)(C)C)cc1C. The van der Waals surface area contributed by atoms with Crippen LogP contribution in [-0.4, -0.2) is 18.4 Å². The number of likely N-dealkylation sites (N-methyl/N-ethyl adjacent to an activating group) is 1. The van der Waals surface area contributed by atoms with Crippen molar-refractivity contribution in [2.75, 3.05) is 7.05 Å². The molecule has 0 heterocycles. The minimum atomic E-state index is -0.529. The smallest absolute Gasteiger partial charge is 0.182 e. The molecule has 106 valence electrons. The summed E-state index contributed by atoms with van der Waals surface area (Å²) in [4.78, 5) is 12.6. The van der Waals surface area contributed by atoms with Crippen LogP contribution in [0.3, 0.4) is 0 Å². The summed E-state index contributed by atoms with van der Waals surface area (Å²) >= 11 is 0. The van der Waals surface area contributed by atoms with Gasteiger partial charge in [-0.15, -0.1) is 0 Å². The summed E-state index contributed by atoms with van der Waals surface area (Å²) in [7, 11) is 1.83. The van der Waals surface area contributed by atoms with E-state index < -0.39 is 5.54 Å². The van der Waals surface area contributed by atoms with Crippen molar-refractivity contribution in [2.45, 2.75) is 59.4 Å². The van der Waals surface area contributed by atoms with Crippen LogP contribution < -0.4 is 5.32 Å². The van der Waals surface area contributed by atoms with E-state index in [0.717, 1.165) is 16.7 Å². The zero-order valence-corrected chi connectivity index (χ0v) is 13.6. The molecule has 2 nitrogen and oxygen atoms in total. The van der Waals surface area contributed by atoms with Crippen LogP contribution in [0.5, 0.6) is 0 Å². The van der Waals surface area contributed by atoms with Gasteiger partial charge in [0.1, 0.15) is 0 Å². The van der Waals surface area contributed by atoms with Crippen LogP contribution >= 0.6 is 0 Å². The number of carbonyl (C=O) groups is 1. The van der Waals surface area contributed by atoms with Crippen LogP contribution in [0.2, 0.25) is 0 Å². The Bertz CT molecular complexity index is 469. The monoisotopic (exact) mass is 261 g/mol. The second-order valence-electron chi connectivity index (χ2n) is 6.94. The van der Waals surface area contributed by atoms with Crippen molar-refractivity contribution < 1.29 is 4.79 Å². The van der Waals surface area contributed by atoms with E-state index in [4.69, 9.17) is 0 Å². The van der Waals surface area contributed by atoms with E-state index in [1.807, 2.05) is 34.7 Å². The van der Waals surface area contributed by atoms with Gasteiger partial charge in [0.25, 0.3) is 0 Å². The van der Waals surface area contributed by atoms with Gasteiger partial charge >= 0.3 is 0 Å². The Balaban J connectivity index is 3.37. The lowest BCUT2D eigenvalue weighted by Crippen LogP contribution is -2.45. The average molecular weight is 261 g/mol. The third-order valence-corrected chi connectivity index (χ3v) is 3.82. The fourth-order valence-corrected chi connectivity index (χ4v) is 2.18. The van der Waals surface area contributed by atoms with Gasteiger partial charge in [0.15, 0.2) is 5.78 Å². The molecule has 0 radical (unpaired) electrons. The van der Waals surface area contributed by atoms with Crippen LogP contribution in [0.4, 0.5) is 0 Å². The lowest BCUT2D eigenvalue weighted by Gasteiger charge is -2.26. The van der Waals surface area contributed by atoms with Crippen LogP contribution in [0.25, 0.3) is 0 Å². The summed E-state index contributed by atoms with van der Waals surface area (Å²) < 4.78 is 0. The molecule has 1 aromatic carbocycles. The van der Waals surface area contributed by atoms with E-state index in [-0.39, 0.29) is 11.2 Å². The quantitative estimate of drug-likeness (QED) is 0.839. The summed E-state index contributed by atoms with van der Waals surface area (Å²) in [5.41, 5.74) is 3.85. The number of aryl methyl sites for hydroxylation is 2. The number of nitrogens with one attached hydrogen (secondary N) is 1. The molecule has 0 aromatic heterocycles. The average Bonchev–Trinajstić information content (AvgIpc) is 2.26. The summed E-state index contributed by atoms with van der Waals surface area (Å²) in [6.45, 7) is 14.5. The molecule has 1 N–H and O–H groups in total. The molecule has 19 heavy (non-hydrogen) atoms. The zero-order chi connectivity index (χ0) is 15.0. The van der Waals surface area contributed by atoms with Crippen LogP contribution in [0.15, 0.2) is 12.1 Å². The number of rotatable bonds is 3. The van der Waals surface area contributed by atoms with Crippen LogP contribution in [-0.2, 0) is 5.41 Å². The molecule has 0 fully saturated rings. The molecular weight excluding hydrogens is 234 g/mol. The molecule has 0 saturated carbocycles. The standard InChI is InChI=1S/C17H27NO/c1-11-9-13(16(3,4)5)10-12(2)14(11)15(19)17(6,7)18-8/h9-10,18H,1-8H3. The van der Waals surface area contributed by atoms with Crippen molar-refractivity contribution in [3.05, 3.63) is 34.4 Å². The number of ketones is 1. The van der Waals surface area contributed by atoms with Gasteiger partial charge in [0.2, 0.25) is 0 Å². The first-order valence-corrected chi connectivity index (χ1v) is 6.86. The largest absolute Gasteiger partial charge is 0.308 e. The summed E-state index contributed by atoms with van der Waals surface area (Å²) in [6.07, 6.45) is 0. The molecule has 0 aliphatic heterocycles. The number of benzene rings is 1. The van der Waals surface area contributed by atoms with E-state index >= 15 is 0 Å². The predicted molar refractivity (Wildman–Crippen MR) is 82.1 cm³/mol. The fraction of sp³-hybridized carbons (Fsp3) is 0.588. The normalized spacial score (nSPS) is 12.6. The maximum Gasteiger partial charge on any atom is 0.182 e. The second-order valence-corrected chi connectivity index (χ2v) is 6.94. The third kappa shape index (κ3) is 3.24. The van der Waals surface area contributed by atoms with Crippen molar-refractivity contribution >= 4 is 5.78 Å². The van der Waals surface area contributed by atoms with Gasteiger partial charge < -0.3 is 5.32 Å². The topological polar surface area (TPSA) is 29.1 Å². The Morgan fingerprint density at radius 1 is 1.00 bits per heavy atom. The molecule has 0 aliphatic carbocycles. The number of hydrogen-bond acceptors (Lipinski definition) is 2. The van der Waals surface area contributed by atoms with E-state index in [1.165, 1.54) is 5.56 Å². The van der Waals surface area contributed by atoms with E-state index in [0.29, 0.717) is 0 Å². The van der Waals surface area contributed by atoms with E-state index in [1.54, 1.807) is 0 Å². The molecule has 0 spiro atoms. The minimum absolute atomic E-state index is 0.107. The van der Waals surface area contributed by atoms with Gasteiger partial charge in [-0.2, -0.15) is 0 Å². The summed E-state index contributed by atoms with van der Waals surface area (Å²) in [6, 6.07) is 4.29. The maximum atomic E-state index is 12.6. The zero-order valence-electron chi connectivity index (χ0n) is 13.6. The number of hydrogen-bond donors (Lipinski definition) is 1. The molecule has 0 atom stereocenters. The molecule has 0 bridgehead atoms. The first-order valence-electron chi connectivity index (χ1n) is 6.86. The lowest BCUT2D eigenvalue weighted by atomic mass is 9.81. The van der Waals surface area contributed by atoms with Gasteiger partial charge in [0, 0.05) is 5.56 Å². The Labute approximate surface area is 117 Å². The highest BCUT2D eigenvalue weighted by Crippen LogP contribution is 2.28. The van der Waals surface area contributed by atoms with Crippen molar-refractivity contribution in [3.63, 3.8) is 0 Å². The Morgan fingerprint density at radius 3 is 1.74 bits per heavy atom. The summed E-state index contributed by atoms with van der Waals surface area (Å²) in [5.74, 6) is 0.158. The highest BCUT2D eigenvalue weighted by atomic mass is 16.1. The van der Waals surface area contributed by atoms with Gasteiger partial charge in [-0.05, 0) is 56.8 Å². The minimum Gasteiger partial charge on any atom is -0.308 e. The molecule has 0 saturated heterocycles. The molecule has 0 amide bonds.